The van der Waals surface area contributed by atoms with Crippen molar-refractivity contribution < 1.29 is 14.2 Å². The molecule has 0 radical (unpaired) electrons. The van der Waals surface area contributed by atoms with Gasteiger partial charge in [-0.25, -0.2) is 4.68 Å². The lowest BCUT2D eigenvalue weighted by Gasteiger charge is -2.22. The Morgan fingerprint density at radius 1 is 0.829 bits per heavy atom. The largest absolute Gasteiger partial charge is 0.497 e. The van der Waals surface area contributed by atoms with Gasteiger partial charge in [0.05, 0.1) is 27.9 Å². The molecule has 1 N–H and O–H groups in total. The van der Waals surface area contributed by atoms with Crippen LogP contribution in [0.25, 0.3) is 10.9 Å². The molecule has 212 valence electrons. The molecule has 0 amide bonds. The molecular weight excluding hydrogens is 520 g/mol. The highest BCUT2D eigenvalue weighted by Crippen LogP contribution is 2.28. The van der Waals surface area contributed by atoms with Gasteiger partial charge in [-0.05, 0) is 70.8 Å². The summed E-state index contributed by atoms with van der Waals surface area (Å²) < 4.78 is 18.1. The number of hydrogen-bond acceptors (Lipinski definition) is 8. The average Bonchev–Trinajstić information content (AvgIpc) is 3.45. The van der Waals surface area contributed by atoms with Gasteiger partial charge < -0.3 is 19.2 Å². The Hall–Kier alpha value is -4.70. The lowest BCUT2D eigenvalue weighted by molar-refractivity contribution is 0.247. The molecule has 0 saturated carbocycles. The van der Waals surface area contributed by atoms with Gasteiger partial charge in [-0.2, -0.15) is 0 Å². The Labute approximate surface area is 238 Å². The molecule has 0 fully saturated rings. The van der Waals surface area contributed by atoms with E-state index in [1.807, 2.05) is 65.3 Å². The molecule has 10 nitrogen and oxygen atoms in total. The minimum absolute atomic E-state index is 0.123. The van der Waals surface area contributed by atoms with E-state index in [4.69, 9.17) is 14.2 Å². The number of ether oxygens (including phenoxy) is 3. The van der Waals surface area contributed by atoms with Crippen LogP contribution >= 0.6 is 0 Å². The molecule has 0 aliphatic carbocycles. The summed E-state index contributed by atoms with van der Waals surface area (Å²) in [5.41, 5.74) is 3.61. The van der Waals surface area contributed by atoms with Crippen molar-refractivity contribution >= 4 is 10.9 Å². The van der Waals surface area contributed by atoms with Crippen LogP contribution < -0.4 is 19.8 Å². The second-order valence-electron chi connectivity index (χ2n) is 9.78. The molecule has 5 aromatic rings. The van der Waals surface area contributed by atoms with Crippen LogP contribution in [0.1, 0.15) is 22.5 Å². The van der Waals surface area contributed by atoms with Gasteiger partial charge in [0, 0.05) is 36.1 Å². The third-order valence-electron chi connectivity index (χ3n) is 7.11. The second kappa shape index (κ2) is 13.1. The van der Waals surface area contributed by atoms with E-state index in [1.165, 1.54) is 5.56 Å². The fraction of sp³-hybridized carbons (Fsp3) is 0.290. The number of H-pyrrole nitrogens is 1. The van der Waals surface area contributed by atoms with Gasteiger partial charge >= 0.3 is 0 Å². The first-order valence-corrected chi connectivity index (χ1v) is 13.5. The van der Waals surface area contributed by atoms with E-state index in [-0.39, 0.29) is 5.56 Å². The lowest BCUT2D eigenvalue weighted by Crippen LogP contribution is -2.30. The predicted molar refractivity (Wildman–Crippen MR) is 156 cm³/mol. The minimum atomic E-state index is -0.123. The lowest BCUT2D eigenvalue weighted by atomic mass is 10.1. The van der Waals surface area contributed by atoms with Crippen LogP contribution in [-0.2, 0) is 32.5 Å². The number of nitrogens with zero attached hydrogens (tertiary/aromatic N) is 5. The summed E-state index contributed by atoms with van der Waals surface area (Å²) in [6.45, 7) is 2.22. The average molecular weight is 555 g/mol. The summed E-state index contributed by atoms with van der Waals surface area (Å²) in [6, 6.07) is 23.7. The van der Waals surface area contributed by atoms with Gasteiger partial charge in [0.1, 0.15) is 5.75 Å². The number of methoxy groups -OCH3 is 3. The van der Waals surface area contributed by atoms with Crippen molar-refractivity contribution in [3.05, 3.63) is 106 Å². The number of benzene rings is 3. The molecule has 0 bridgehead atoms. The highest BCUT2D eigenvalue weighted by Gasteiger charge is 2.16. The number of rotatable bonds is 13. The zero-order valence-electron chi connectivity index (χ0n) is 23.5. The van der Waals surface area contributed by atoms with Crippen molar-refractivity contribution in [2.75, 3.05) is 27.9 Å². The molecule has 0 saturated heterocycles. The molecule has 0 aliphatic heterocycles. The highest BCUT2D eigenvalue weighted by molar-refractivity contribution is 5.80. The summed E-state index contributed by atoms with van der Waals surface area (Å²) in [7, 11) is 4.88. The Morgan fingerprint density at radius 3 is 2.44 bits per heavy atom. The van der Waals surface area contributed by atoms with Crippen molar-refractivity contribution in [3.8, 4) is 17.2 Å². The Balaban J connectivity index is 1.39. The van der Waals surface area contributed by atoms with Crippen LogP contribution in [0.4, 0.5) is 0 Å². The minimum Gasteiger partial charge on any atom is -0.497 e. The summed E-state index contributed by atoms with van der Waals surface area (Å²) in [5.74, 6) is 2.84. The maximum absolute atomic E-state index is 13.1. The third-order valence-corrected chi connectivity index (χ3v) is 7.11. The van der Waals surface area contributed by atoms with E-state index < -0.39 is 0 Å². The fourth-order valence-corrected chi connectivity index (χ4v) is 4.84. The Kier molecular flexibility index (Phi) is 8.90. The first-order chi connectivity index (χ1) is 20.1. The number of aromatic nitrogens is 5. The second-order valence-corrected chi connectivity index (χ2v) is 9.78. The van der Waals surface area contributed by atoms with Crippen molar-refractivity contribution in [2.24, 2.45) is 0 Å². The normalized spacial score (nSPS) is 11.2. The van der Waals surface area contributed by atoms with E-state index in [1.54, 1.807) is 21.3 Å². The van der Waals surface area contributed by atoms with Crippen LogP contribution in [0.2, 0.25) is 0 Å². The predicted octanol–water partition coefficient (Wildman–Crippen LogP) is 4.03. The van der Waals surface area contributed by atoms with Gasteiger partial charge in [0.25, 0.3) is 5.56 Å². The van der Waals surface area contributed by atoms with Crippen molar-refractivity contribution in [3.63, 3.8) is 0 Å². The smallest absolute Gasteiger partial charge is 0.252 e. The Morgan fingerprint density at radius 2 is 1.66 bits per heavy atom. The van der Waals surface area contributed by atoms with Gasteiger partial charge in [0.2, 0.25) is 0 Å². The molecule has 3 aromatic carbocycles. The number of aromatic amines is 1. The summed E-state index contributed by atoms with van der Waals surface area (Å²) >= 11 is 0. The molecule has 10 heteroatoms. The molecule has 41 heavy (non-hydrogen) atoms. The van der Waals surface area contributed by atoms with E-state index >= 15 is 0 Å². The van der Waals surface area contributed by atoms with Gasteiger partial charge in [-0.15, -0.1) is 5.10 Å². The third kappa shape index (κ3) is 6.90. The van der Waals surface area contributed by atoms with E-state index in [9.17, 15) is 4.79 Å². The first kappa shape index (κ1) is 27.9. The topological polar surface area (TPSA) is 107 Å². The molecule has 0 spiro atoms. The van der Waals surface area contributed by atoms with Crippen LogP contribution in [0.15, 0.2) is 77.6 Å². The zero-order chi connectivity index (χ0) is 28.6. The van der Waals surface area contributed by atoms with E-state index in [0.29, 0.717) is 43.2 Å². The number of fused-ring (bicyclic) bond motifs is 1. The first-order valence-electron chi connectivity index (χ1n) is 13.5. The summed E-state index contributed by atoms with van der Waals surface area (Å²) in [4.78, 5) is 18.3. The van der Waals surface area contributed by atoms with Crippen LogP contribution in [0.5, 0.6) is 17.2 Å². The monoisotopic (exact) mass is 554 g/mol. The number of nitrogens with one attached hydrogen (secondary N) is 1. The van der Waals surface area contributed by atoms with Crippen molar-refractivity contribution in [2.45, 2.75) is 32.5 Å². The number of aryl methyl sites for hydroxylation is 2. The van der Waals surface area contributed by atoms with Gasteiger partial charge in [-0.3, -0.25) is 9.69 Å². The Bertz CT molecular complexity index is 1650. The molecule has 2 aromatic heterocycles. The molecular formula is C31H34N6O4. The molecule has 0 aliphatic rings. The van der Waals surface area contributed by atoms with Crippen molar-refractivity contribution in [1.29, 1.82) is 0 Å². The number of pyridine rings is 1. The van der Waals surface area contributed by atoms with Crippen LogP contribution in [0.3, 0.4) is 0 Å². The maximum Gasteiger partial charge on any atom is 0.252 e. The maximum atomic E-state index is 13.1. The molecule has 0 atom stereocenters. The van der Waals surface area contributed by atoms with Crippen molar-refractivity contribution in [1.82, 2.24) is 30.1 Å². The SMILES string of the molecule is COc1ccc2[nH]c(=O)c(CN(CCc3ccc(OC)c(OC)c3)Cc3nnnn3CCc3ccccc3)cc2c1. The zero-order valence-corrected chi connectivity index (χ0v) is 23.5. The van der Waals surface area contributed by atoms with Crippen LogP contribution in [-0.4, -0.2) is 58.0 Å². The highest BCUT2D eigenvalue weighted by atomic mass is 16.5. The van der Waals surface area contributed by atoms with E-state index in [2.05, 4.69) is 37.5 Å². The molecule has 5 rings (SSSR count). The van der Waals surface area contributed by atoms with Gasteiger partial charge in [0.15, 0.2) is 17.3 Å². The van der Waals surface area contributed by atoms with Crippen LogP contribution in [0, 0.1) is 0 Å². The van der Waals surface area contributed by atoms with Gasteiger partial charge in [-0.1, -0.05) is 36.4 Å². The molecule has 2 heterocycles. The fourth-order valence-electron chi connectivity index (χ4n) is 4.84. The number of tetrazole rings is 1. The summed E-state index contributed by atoms with van der Waals surface area (Å²) in [6.07, 6.45) is 1.54. The summed E-state index contributed by atoms with van der Waals surface area (Å²) in [5, 5.41) is 13.4. The molecule has 0 unspecified atom stereocenters. The standard InChI is InChI=1S/C31H34N6O4/c1-39-26-10-11-27-24(19-26)18-25(31(38)32-27)20-36(15-13-23-9-12-28(40-2)29(17-23)41-3)21-30-33-34-35-37(30)16-14-22-7-5-4-6-8-22/h4-12,17-19H,13-16,20-21H2,1-3H3,(H,32,38). The quantitative estimate of drug-likeness (QED) is 0.233. The van der Waals surface area contributed by atoms with E-state index in [0.717, 1.165) is 40.9 Å². The number of hydrogen-bond donors (Lipinski definition) is 1.